The lowest BCUT2D eigenvalue weighted by Crippen LogP contribution is -2.71. The van der Waals surface area contributed by atoms with Gasteiger partial charge in [-0.3, -0.25) is 24.1 Å². The third-order valence-corrected chi connectivity index (χ3v) is 3.24. The number of hydrogen-bond donors (Lipinski definition) is 1. The van der Waals surface area contributed by atoms with Gasteiger partial charge in [0.15, 0.2) is 6.04 Å². The smallest absolute Gasteiger partial charge is 0.304 e. The van der Waals surface area contributed by atoms with E-state index >= 15 is 0 Å². The maximum Gasteiger partial charge on any atom is 0.304 e. The fraction of sp³-hybridized carbons (Fsp3) is 0.231. The molecule has 2 aliphatic rings. The molecule has 0 aliphatic carbocycles. The number of esters is 1. The summed E-state index contributed by atoms with van der Waals surface area (Å²) in [7, 11) is 0. The number of rotatable bonds is 2. The van der Waals surface area contributed by atoms with Crippen LogP contribution in [0.25, 0.3) is 0 Å². The van der Waals surface area contributed by atoms with Gasteiger partial charge in [-0.15, -0.1) is 0 Å². The number of fused-ring (bicyclic) bond motifs is 1. The van der Waals surface area contributed by atoms with Crippen LogP contribution in [0.5, 0.6) is 0 Å². The molecule has 1 saturated heterocycles. The lowest BCUT2D eigenvalue weighted by atomic mass is 10.1. The Bertz CT molecular complexity index is 619. The van der Waals surface area contributed by atoms with E-state index in [1.165, 1.54) is 19.1 Å². The molecule has 3 amide bonds. The topological polar surface area (TPSA) is 92.8 Å². The Morgan fingerprint density at radius 3 is 2.15 bits per heavy atom. The van der Waals surface area contributed by atoms with Gasteiger partial charge in [-0.2, -0.15) is 0 Å². The average molecular weight is 274 g/mol. The van der Waals surface area contributed by atoms with Crippen LogP contribution in [0.3, 0.4) is 0 Å². The molecule has 0 unspecified atom stereocenters. The molecule has 102 valence electrons. The zero-order chi connectivity index (χ0) is 14.4. The molecule has 3 rings (SSSR count). The standard InChI is InChI=1S/C13H10N2O5/c1-6(16)20-11-9(10(17)14-11)15-12(18)7-4-2-3-5-8(7)13(15)19/h2-5,9,11H,1H3,(H,14,17)/t9-,11+/m0/s1. The van der Waals surface area contributed by atoms with E-state index < -0.39 is 36.0 Å². The van der Waals surface area contributed by atoms with Gasteiger partial charge in [-0.05, 0) is 12.1 Å². The number of nitrogens with one attached hydrogen (secondary N) is 1. The van der Waals surface area contributed by atoms with E-state index in [0.29, 0.717) is 0 Å². The molecule has 0 spiro atoms. The second-order valence-corrected chi connectivity index (χ2v) is 4.51. The Morgan fingerprint density at radius 1 is 1.15 bits per heavy atom. The van der Waals surface area contributed by atoms with Crippen LogP contribution >= 0.6 is 0 Å². The van der Waals surface area contributed by atoms with Crippen LogP contribution in [-0.2, 0) is 14.3 Å². The Kier molecular flexibility index (Phi) is 2.56. The molecule has 0 saturated carbocycles. The van der Waals surface area contributed by atoms with Crippen molar-refractivity contribution in [2.45, 2.75) is 19.2 Å². The third-order valence-electron chi connectivity index (χ3n) is 3.24. The van der Waals surface area contributed by atoms with Crippen LogP contribution in [0.4, 0.5) is 0 Å². The van der Waals surface area contributed by atoms with Crippen LogP contribution in [0.2, 0.25) is 0 Å². The summed E-state index contributed by atoms with van der Waals surface area (Å²) in [6, 6.07) is 5.21. The average Bonchev–Trinajstić information content (AvgIpc) is 2.64. The minimum atomic E-state index is -1.11. The molecule has 7 nitrogen and oxygen atoms in total. The summed E-state index contributed by atoms with van der Waals surface area (Å²) in [5, 5.41) is 2.34. The van der Waals surface area contributed by atoms with Gasteiger partial charge in [-0.1, -0.05) is 12.1 Å². The zero-order valence-corrected chi connectivity index (χ0v) is 10.5. The van der Waals surface area contributed by atoms with Crippen molar-refractivity contribution in [2.75, 3.05) is 0 Å². The first-order chi connectivity index (χ1) is 9.50. The number of amides is 3. The lowest BCUT2D eigenvalue weighted by Gasteiger charge is -2.39. The first-order valence-electron chi connectivity index (χ1n) is 5.95. The quantitative estimate of drug-likeness (QED) is 0.453. The van der Waals surface area contributed by atoms with E-state index in [9.17, 15) is 19.2 Å². The molecular formula is C13H10N2O5. The highest BCUT2D eigenvalue weighted by molar-refractivity contribution is 6.23. The number of carbonyl (C=O) groups is 4. The number of nitrogens with zero attached hydrogens (tertiary/aromatic N) is 1. The van der Waals surface area contributed by atoms with Gasteiger partial charge in [0.25, 0.3) is 17.7 Å². The van der Waals surface area contributed by atoms with Crippen LogP contribution in [-0.4, -0.2) is 40.9 Å². The van der Waals surface area contributed by atoms with Gasteiger partial charge in [0.2, 0.25) is 6.23 Å². The van der Waals surface area contributed by atoms with E-state index in [4.69, 9.17) is 4.74 Å². The Balaban J connectivity index is 1.92. The minimum absolute atomic E-state index is 0.249. The molecule has 1 N–H and O–H groups in total. The Hall–Kier alpha value is -2.70. The van der Waals surface area contributed by atoms with Gasteiger partial charge in [0.05, 0.1) is 11.1 Å². The minimum Gasteiger partial charge on any atom is -0.439 e. The van der Waals surface area contributed by atoms with Gasteiger partial charge < -0.3 is 10.1 Å². The Labute approximate surface area is 113 Å². The lowest BCUT2D eigenvalue weighted by molar-refractivity contribution is -0.166. The summed E-state index contributed by atoms with van der Waals surface area (Å²) >= 11 is 0. The Morgan fingerprint density at radius 2 is 1.70 bits per heavy atom. The summed E-state index contributed by atoms with van der Waals surface area (Å²) in [4.78, 5) is 47.8. The molecule has 2 heterocycles. The van der Waals surface area contributed by atoms with Gasteiger partial charge >= 0.3 is 5.97 Å². The van der Waals surface area contributed by atoms with Crippen molar-refractivity contribution in [1.82, 2.24) is 10.2 Å². The van der Waals surface area contributed by atoms with Gasteiger partial charge in [0, 0.05) is 6.92 Å². The maximum atomic E-state index is 12.2. The number of hydrogen-bond acceptors (Lipinski definition) is 5. The van der Waals surface area contributed by atoms with Crippen molar-refractivity contribution < 1.29 is 23.9 Å². The number of imide groups is 1. The molecule has 20 heavy (non-hydrogen) atoms. The van der Waals surface area contributed by atoms with Gasteiger partial charge in [0.1, 0.15) is 0 Å². The van der Waals surface area contributed by atoms with Crippen molar-refractivity contribution in [1.29, 1.82) is 0 Å². The summed E-state index contributed by atoms with van der Waals surface area (Å²) in [6.45, 7) is 1.18. The first kappa shape index (κ1) is 12.3. The molecule has 0 radical (unpaired) electrons. The second-order valence-electron chi connectivity index (χ2n) is 4.51. The van der Waals surface area contributed by atoms with Crippen molar-refractivity contribution >= 4 is 23.7 Å². The van der Waals surface area contributed by atoms with E-state index in [-0.39, 0.29) is 11.1 Å². The number of benzene rings is 1. The van der Waals surface area contributed by atoms with Crippen LogP contribution in [0.1, 0.15) is 27.6 Å². The normalized spacial score (nSPS) is 24.1. The summed E-state index contributed by atoms with van der Waals surface area (Å²) < 4.78 is 4.86. The van der Waals surface area contributed by atoms with E-state index in [0.717, 1.165) is 4.90 Å². The molecule has 7 heteroatoms. The van der Waals surface area contributed by atoms with Crippen LogP contribution in [0, 0.1) is 0 Å². The fourth-order valence-corrected chi connectivity index (χ4v) is 2.33. The molecule has 1 fully saturated rings. The largest absolute Gasteiger partial charge is 0.439 e. The molecule has 0 bridgehead atoms. The summed E-state index contributed by atoms with van der Waals surface area (Å²) in [5.41, 5.74) is 0.498. The van der Waals surface area contributed by atoms with Gasteiger partial charge in [-0.25, -0.2) is 0 Å². The molecule has 2 atom stereocenters. The van der Waals surface area contributed by atoms with Crippen molar-refractivity contribution in [3.63, 3.8) is 0 Å². The summed E-state index contributed by atoms with van der Waals surface area (Å²) in [5.74, 6) is -2.23. The number of β-lactam (4-membered cyclic amide) rings is 1. The highest BCUT2D eigenvalue weighted by atomic mass is 16.6. The van der Waals surface area contributed by atoms with Crippen LogP contribution in [0.15, 0.2) is 24.3 Å². The molecule has 0 aromatic heterocycles. The van der Waals surface area contributed by atoms with E-state index in [1.54, 1.807) is 12.1 Å². The molecule has 1 aromatic carbocycles. The number of ether oxygens (including phenoxy) is 1. The highest BCUT2D eigenvalue weighted by Crippen LogP contribution is 2.28. The van der Waals surface area contributed by atoms with E-state index in [2.05, 4.69) is 5.32 Å². The maximum absolute atomic E-state index is 12.2. The van der Waals surface area contributed by atoms with E-state index in [1.807, 2.05) is 0 Å². The van der Waals surface area contributed by atoms with Crippen molar-refractivity contribution in [2.24, 2.45) is 0 Å². The predicted molar refractivity (Wildman–Crippen MR) is 64.4 cm³/mol. The van der Waals surface area contributed by atoms with Crippen molar-refractivity contribution in [3.8, 4) is 0 Å². The zero-order valence-electron chi connectivity index (χ0n) is 10.5. The predicted octanol–water partition coefficient (Wildman–Crippen LogP) is -0.330. The molecular weight excluding hydrogens is 264 g/mol. The summed E-state index contributed by atoms with van der Waals surface area (Å²) in [6.07, 6.45) is -0.984. The number of carbonyl (C=O) groups excluding carboxylic acids is 4. The highest BCUT2D eigenvalue weighted by Gasteiger charge is 2.53. The SMILES string of the molecule is CC(=O)O[C@H]1NC(=O)[C@@H]1N1C(=O)c2ccccc2C1=O. The third kappa shape index (κ3) is 1.59. The van der Waals surface area contributed by atoms with Crippen molar-refractivity contribution in [3.05, 3.63) is 35.4 Å². The molecule has 1 aromatic rings. The monoisotopic (exact) mass is 274 g/mol. The van der Waals surface area contributed by atoms with Crippen LogP contribution < -0.4 is 5.32 Å². The fourth-order valence-electron chi connectivity index (χ4n) is 2.33. The molecule has 2 aliphatic heterocycles. The first-order valence-corrected chi connectivity index (χ1v) is 5.95. The second kappa shape index (κ2) is 4.16.